The van der Waals surface area contributed by atoms with Gasteiger partial charge in [0.25, 0.3) is 5.91 Å². The number of hydrogen-bond acceptors (Lipinski definition) is 6. The van der Waals surface area contributed by atoms with E-state index in [0.717, 1.165) is 26.1 Å². The molecule has 0 aliphatic rings. The van der Waals surface area contributed by atoms with Crippen molar-refractivity contribution in [2.24, 2.45) is 4.99 Å². The average molecular weight is 325 g/mol. The molecule has 0 saturated heterocycles. The first-order valence-electron chi connectivity index (χ1n) is 8.02. The van der Waals surface area contributed by atoms with Gasteiger partial charge in [-0.2, -0.15) is 0 Å². The van der Waals surface area contributed by atoms with Crippen LogP contribution < -0.4 is 16.0 Å². The molecule has 7 nitrogen and oxygen atoms in total. The minimum Gasteiger partial charge on any atom is -0.384 e. The van der Waals surface area contributed by atoms with Gasteiger partial charge >= 0.3 is 0 Å². The van der Waals surface area contributed by atoms with Crippen molar-refractivity contribution in [2.45, 2.75) is 20.3 Å². The van der Waals surface area contributed by atoms with Gasteiger partial charge in [-0.15, -0.1) is 0 Å². The molecular formula is C16H31N5O2. The molecule has 7 heteroatoms. The summed E-state index contributed by atoms with van der Waals surface area (Å²) in [6, 6.07) is 0. The quantitative estimate of drug-likeness (QED) is 0.119. The minimum atomic E-state index is -0.254. The van der Waals surface area contributed by atoms with Crippen molar-refractivity contribution in [1.29, 1.82) is 0 Å². The van der Waals surface area contributed by atoms with Gasteiger partial charge in [0.05, 0.1) is 6.73 Å². The number of aliphatic imine (C=N–C) groups is 1. The lowest BCUT2D eigenvalue weighted by molar-refractivity contribution is -0.117. The Labute approximate surface area is 139 Å². The summed E-state index contributed by atoms with van der Waals surface area (Å²) >= 11 is 0. The van der Waals surface area contributed by atoms with Gasteiger partial charge in [0.15, 0.2) is 0 Å². The van der Waals surface area contributed by atoms with Crippen LogP contribution in [-0.2, 0) is 4.79 Å². The van der Waals surface area contributed by atoms with Crippen molar-refractivity contribution in [3.05, 3.63) is 24.0 Å². The smallest absolute Gasteiger partial charge is 0.269 e. The van der Waals surface area contributed by atoms with Crippen LogP contribution in [0.4, 0.5) is 0 Å². The second kappa shape index (κ2) is 13.9. The fourth-order valence-corrected chi connectivity index (χ4v) is 1.92. The van der Waals surface area contributed by atoms with Gasteiger partial charge in [-0.1, -0.05) is 20.4 Å². The van der Waals surface area contributed by atoms with Crippen LogP contribution in [0.2, 0.25) is 0 Å². The molecular weight excluding hydrogens is 294 g/mol. The number of aliphatic hydroxyl groups excluding tert-OH is 1. The zero-order valence-corrected chi connectivity index (χ0v) is 14.4. The van der Waals surface area contributed by atoms with Gasteiger partial charge in [0.2, 0.25) is 0 Å². The maximum Gasteiger partial charge on any atom is 0.269 e. The molecule has 0 heterocycles. The third-order valence-electron chi connectivity index (χ3n) is 3.31. The van der Waals surface area contributed by atoms with Gasteiger partial charge in [-0.3, -0.25) is 15.1 Å². The van der Waals surface area contributed by atoms with Crippen LogP contribution in [0.3, 0.4) is 0 Å². The van der Waals surface area contributed by atoms with Gasteiger partial charge in [-0.25, -0.2) is 0 Å². The zero-order valence-electron chi connectivity index (χ0n) is 14.4. The summed E-state index contributed by atoms with van der Waals surface area (Å²) in [5.74, 6) is -0.254. The summed E-state index contributed by atoms with van der Waals surface area (Å²) < 4.78 is 0. The first kappa shape index (κ1) is 21.3. The maximum absolute atomic E-state index is 12.0. The number of hydrogen-bond donors (Lipinski definition) is 4. The van der Waals surface area contributed by atoms with Crippen molar-refractivity contribution in [2.75, 3.05) is 46.0 Å². The highest BCUT2D eigenvalue weighted by molar-refractivity contribution is 5.94. The number of carbonyl (C=O) groups is 1. The van der Waals surface area contributed by atoms with Crippen LogP contribution in [0.1, 0.15) is 20.3 Å². The Kier molecular flexibility index (Phi) is 12.9. The van der Waals surface area contributed by atoms with E-state index in [0.29, 0.717) is 25.3 Å². The molecule has 0 radical (unpaired) electrons. The van der Waals surface area contributed by atoms with E-state index in [9.17, 15) is 4.79 Å². The first-order chi connectivity index (χ1) is 11.1. The number of aliphatic hydroxyl groups is 1. The summed E-state index contributed by atoms with van der Waals surface area (Å²) in [6.45, 7) is 16.2. The number of rotatable bonds is 14. The molecule has 0 spiro atoms. The van der Waals surface area contributed by atoms with E-state index < -0.39 is 0 Å². The Balaban J connectivity index is 4.16. The van der Waals surface area contributed by atoms with Crippen molar-refractivity contribution in [1.82, 2.24) is 20.9 Å². The van der Waals surface area contributed by atoms with Gasteiger partial charge in [0, 0.05) is 25.3 Å². The first-order valence-corrected chi connectivity index (χ1v) is 8.02. The Morgan fingerprint density at radius 1 is 1.22 bits per heavy atom. The molecule has 0 atom stereocenters. The summed E-state index contributed by atoms with van der Waals surface area (Å²) in [5, 5.41) is 17.2. The summed E-state index contributed by atoms with van der Waals surface area (Å²) in [6.07, 6.45) is 2.45. The summed E-state index contributed by atoms with van der Waals surface area (Å²) in [4.78, 5) is 18.1. The highest BCUT2D eigenvalue weighted by Crippen LogP contribution is 2.00. The van der Waals surface area contributed by atoms with Crippen molar-refractivity contribution < 1.29 is 9.90 Å². The van der Waals surface area contributed by atoms with E-state index >= 15 is 0 Å². The molecule has 0 saturated carbocycles. The van der Waals surface area contributed by atoms with Crippen LogP contribution in [0.25, 0.3) is 0 Å². The number of carbonyl (C=O) groups excluding carboxylic acids is 1. The fraction of sp³-hybridized carbons (Fsp3) is 0.625. The largest absolute Gasteiger partial charge is 0.384 e. The SMILES string of the molecule is C=N/C(=C\C(=C)NCCNCO)C(=O)NCCCN(CC)CC. The molecule has 23 heavy (non-hydrogen) atoms. The lowest BCUT2D eigenvalue weighted by Gasteiger charge is -2.17. The normalized spacial score (nSPS) is 11.4. The summed E-state index contributed by atoms with van der Waals surface area (Å²) in [5.41, 5.74) is 0.811. The molecule has 0 aromatic carbocycles. The molecule has 0 bridgehead atoms. The molecule has 0 unspecified atom stereocenters. The van der Waals surface area contributed by atoms with Crippen LogP contribution in [0, 0.1) is 0 Å². The molecule has 0 aliphatic carbocycles. The molecule has 0 aromatic heterocycles. The monoisotopic (exact) mass is 325 g/mol. The standard InChI is InChI=1S/C16H31N5O2/c1-5-21(6-2)11-7-8-20-16(23)15(17-4)12-14(3)19-10-9-18-13-22/h12,18-19,22H,3-11,13H2,1-2H3,(H,20,23)/b15-12-. The third kappa shape index (κ3) is 10.6. The Bertz CT molecular complexity index is 392. The van der Waals surface area contributed by atoms with Gasteiger partial charge < -0.3 is 20.6 Å². The lowest BCUT2D eigenvalue weighted by Crippen LogP contribution is -2.30. The van der Waals surface area contributed by atoms with E-state index in [1.807, 2.05) is 0 Å². The molecule has 132 valence electrons. The maximum atomic E-state index is 12.0. The van der Waals surface area contributed by atoms with Gasteiger partial charge in [-0.05, 0) is 38.8 Å². The molecule has 4 N–H and O–H groups in total. The predicted molar refractivity (Wildman–Crippen MR) is 95.3 cm³/mol. The van der Waals surface area contributed by atoms with E-state index in [-0.39, 0.29) is 18.3 Å². The van der Waals surface area contributed by atoms with Gasteiger partial charge in [0.1, 0.15) is 5.70 Å². The Morgan fingerprint density at radius 3 is 2.48 bits per heavy atom. The zero-order chi connectivity index (χ0) is 17.5. The van der Waals surface area contributed by atoms with E-state index in [1.54, 1.807) is 6.08 Å². The molecule has 1 amide bonds. The van der Waals surface area contributed by atoms with E-state index in [4.69, 9.17) is 5.11 Å². The van der Waals surface area contributed by atoms with Crippen LogP contribution >= 0.6 is 0 Å². The second-order valence-corrected chi connectivity index (χ2v) is 4.93. The molecule has 0 rings (SSSR count). The minimum absolute atomic E-state index is 0.0701. The number of nitrogens with zero attached hydrogens (tertiary/aromatic N) is 2. The highest BCUT2D eigenvalue weighted by atomic mass is 16.3. The highest BCUT2D eigenvalue weighted by Gasteiger charge is 2.07. The Morgan fingerprint density at radius 2 is 1.91 bits per heavy atom. The van der Waals surface area contributed by atoms with E-state index in [2.05, 4.69) is 53.0 Å². The summed E-state index contributed by atoms with van der Waals surface area (Å²) in [7, 11) is 0. The fourth-order valence-electron chi connectivity index (χ4n) is 1.92. The number of allylic oxidation sites excluding steroid dienone is 1. The van der Waals surface area contributed by atoms with Crippen LogP contribution in [0.5, 0.6) is 0 Å². The number of nitrogens with one attached hydrogen (secondary N) is 3. The second-order valence-electron chi connectivity index (χ2n) is 4.93. The Hall–Kier alpha value is -1.70. The van der Waals surface area contributed by atoms with Crippen LogP contribution in [0.15, 0.2) is 29.0 Å². The van der Waals surface area contributed by atoms with Crippen LogP contribution in [-0.4, -0.2) is 68.6 Å². The van der Waals surface area contributed by atoms with E-state index in [1.165, 1.54) is 0 Å². The van der Waals surface area contributed by atoms with Crippen molar-refractivity contribution in [3.8, 4) is 0 Å². The van der Waals surface area contributed by atoms with Crippen molar-refractivity contribution in [3.63, 3.8) is 0 Å². The van der Waals surface area contributed by atoms with Crippen molar-refractivity contribution >= 4 is 12.6 Å². The number of amides is 1. The molecule has 0 fully saturated rings. The third-order valence-corrected chi connectivity index (χ3v) is 3.31. The predicted octanol–water partition coefficient (Wildman–Crippen LogP) is 0.0617. The lowest BCUT2D eigenvalue weighted by atomic mass is 10.3. The molecule has 0 aliphatic heterocycles. The molecule has 0 aromatic rings. The topological polar surface area (TPSA) is 89.0 Å². The average Bonchev–Trinajstić information content (AvgIpc) is 2.56.